The number of fused-ring (bicyclic) bond motifs is 1. The lowest BCUT2D eigenvalue weighted by Gasteiger charge is -2.28. The number of nitrogens with one attached hydrogen (secondary N) is 1. The van der Waals surface area contributed by atoms with E-state index in [1.807, 2.05) is 31.2 Å². The number of ether oxygens (including phenoxy) is 2. The second-order valence-corrected chi connectivity index (χ2v) is 6.87. The van der Waals surface area contributed by atoms with E-state index in [1.54, 1.807) is 23.6 Å². The molecule has 1 N–H and O–H groups in total. The quantitative estimate of drug-likeness (QED) is 0.614. The highest BCUT2D eigenvalue weighted by Crippen LogP contribution is 2.39. The molecule has 8 heteroatoms. The predicted octanol–water partition coefficient (Wildman–Crippen LogP) is 3.25. The van der Waals surface area contributed by atoms with E-state index < -0.39 is 12.0 Å². The average molecular weight is 374 g/mol. The van der Waals surface area contributed by atoms with Crippen molar-refractivity contribution >= 4 is 23.7 Å². The molecular weight excluding hydrogens is 352 g/mol. The van der Waals surface area contributed by atoms with E-state index in [-0.39, 0.29) is 0 Å². The van der Waals surface area contributed by atoms with Gasteiger partial charge in [0, 0.05) is 17.0 Å². The lowest BCUT2D eigenvalue weighted by molar-refractivity contribution is -0.136. The third-order valence-corrected chi connectivity index (χ3v) is 5.15. The summed E-state index contributed by atoms with van der Waals surface area (Å²) in [4.78, 5) is 17.1. The van der Waals surface area contributed by atoms with Crippen LogP contribution in [0.15, 0.2) is 40.7 Å². The molecule has 7 nitrogen and oxygen atoms in total. The summed E-state index contributed by atoms with van der Waals surface area (Å²) in [6, 6.07) is 7.12. The highest BCUT2D eigenvalue weighted by atomic mass is 32.2. The number of hydrogen-bond donors (Lipinski definition) is 1. The Morgan fingerprint density at radius 2 is 2.12 bits per heavy atom. The number of esters is 1. The molecule has 1 aromatic heterocycles. The maximum Gasteiger partial charge on any atom is 0.338 e. The standard InChI is InChI=1S/C18H22N4O3S/c1-5-10-26-18-20-17-19-11(2)14(16(23)25-4)15(22(17)21-18)12-8-6-7-9-13(12)24-3/h6-9,15H,5,10H2,1-4H3,(H,19,20,21). The van der Waals surface area contributed by atoms with Gasteiger partial charge in [-0.3, -0.25) is 0 Å². The number of methoxy groups -OCH3 is 2. The normalized spacial score (nSPS) is 16.1. The average Bonchev–Trinajstić information content (AvgIpc) is 3.06. The van der Waals surface area contributed by atoms with Crippen LogP contribution in [-0.4, -0.2) is 40.7 Å². The first kappa shape index (κ1) is 18.3. The molecule has 0 saturated heterocycles. The number of carbonyl (C=O) groups excluding carboxylic acids is 1. The Morgan fingerprint density at radius 3 is 2.81 bits per heavy atom. The molecule has 0 aliphatic carbocycles. The molecular formula is C18H22N4O3S. The summed E-state index contributed by atoms with van der Waals surface area (Å²) in [5.74, 6) is 1.80. The van der Waals surface area contributed by atoms with Crippen LogP contribution < -0.4 is 10.1 Å². The molecule has 1 aromatic carbocycles. The molecule has 1 aliphatic heterocycles. The summed E-state index contributed by atoms with van der Waals surface area (Å²) in [6.45, 7) is 3.95. The number of rotatable bonds is 6. The predicted molar refractivity (Wildman–Crippen MR) is 101 cm³/mol. The highest BCUT2D eigenvalue weighted by molar-refractivity contribution is 7.99. The van der Waals surface area contributed by atoms with Crippen molar-refractivity contribution in [1.82, 2.24) is 14.8 Å². The van der Waals surface area contributed by atoms with Gasteiger partial charge in [-0.15, -0.1) is 5.10 Å². The van der Waals surface area contributed by atoms with E-state index in [1.165, 1.54) is 7.11 Å². The van der Waals surface area contributed by atoms with Crippen LogP contribution in [-0.2, 0) is 9.53 Å². The largest absolute Gasteiger partial charge is 0.496 e. The number of thioether (sulfide) groups is 1. The molecule has 3 rings (SSSR count). The molecule has 138 valence electrons. The van der Waals surface area contributed by atoms with Gasteiger partial charge in [0.25, 0.3) is 0 Å². The fourth-order valence-corrected chi connectivity index (χ4v) is 3.62. The summed E-state index contributed by atoms with van der Waals surface area (Å²) < 4.78 is 12.3. The number of benzene rings is 1. The summed E-state index contributed by atoms with van der Waals surface area (Å²) in [7, 11) is 2.99. The minimum Gasteiger partial charge on any atom is -0.496 e. The Morgan fingerprint density at radius 1 is 1.35 bits per heavy atom. The molecule has 2 heterocycles. The van der Waals surface area contributed by atoms with Gasteiger partial charge in [-0.05, 0) is 19.4 Å². The second kappa shape index (κ2) is 7.82. The Labute approximate surface area is 156 Å². The maximum atomic E-state index is 12.5. The van der Waals surface area contributed by atoms with E-state index in [9.17, 15) is 4.79 Å². The molecule has 0 spiro atoms. The molecule has 1 atom stereocenters. The third kappa shape index (κ3) is 3.29. The Balaban J connectivity index is 2.16. The zero-order valence-corrected chi connectivity index (χ0v) is 16.1. The fraction of sp³-hybridized carbons (Fsp3) is 0.389. The highest BCUT2D eigenvalue weighted by Gasteiger charge is 2.36. The van der Waals surface area contributed by atoms with E-state index in [0.717, 1.165) is 17.7 Å². The van der Waals surface area contributed by atoms with Gasteiger partial charge in [0.05, 0.1) is 19.8 Å². The number of aromatic nitrogens is 3. The SMILES string of the molecule is CCCSc1nc2n(n1)C(c1ccccc1OC)C(C(=O)OC)=C(C)N2. The van der Waals surface area contributed by atoms with Crippen molar-refractivity contribution in [2.24, 2.45) is 0 Å². The van der Waals surface area contributed by atoms with Crippen molar-refractivity contribution in [2.45, 2.75) is 31.5 Å². The van der Waals surface area contributed by atoms with Crippen molar-refractivity contribution in [3.8, 4) is 5.75 Å². The number of anilines is 1. The maximum absolute atomic E-state index is 12.5. The van der Waals surface area contributed by atoms with Crippen LogP contribution >= 0.6 is 11.8 Å². The summed E-state index contributed by atoms with van der Waals surface area (Å²) in [5, 5.41) is 8.48. The zero-order valence-electron chi connectivity index (χ0n) is 15.3. The number of carbonyl (C=O) groups is 1. The molecule has 0 bridgehead atoms. The van der Waals surface area contributed by atoms with E-state index >= 15 is 0 Å². The van der Waals surface area contributed by atoms with Crippen LogP contribution in [0.1, 0.15) is 31.9 Å². The summed E-state index contributed by atoms with van der Waals surface area (Å²) >= 11 is 1.59. The monoisotopic (exact) mass is 374 g/mol. The number of allylic oxidation sites excluding steroid dienone is 1. The van der Waals surface area contributed by atoms with Gasteiger partial charge in [0.2, 0.25) is 11.1 Å². The topological polar surface area (TPSA) is 78.3 Å². The molecule has 0 amide bonds. The first-order valence-electron chi connectivity index (χ1n) is 8.39. The molecule has 0 fully saturated rings. The lowest BCUT2D eigenvalue weighted by Crippen LogP contribution is -2.29. The van der Waals surface area contributed by atoms with Crippen LogP contribution in [0.25, 0.3) is 0 Å². The molecule has 0 saturated carbocycles. The molecule has 1 unspecified atom stereocenters. The van der Waals surface area contributed by atoms with Gasteiger partial charge in [-0.2, -0.15) is 4.98 Å². The Bertz CT molecular complexity index is 847. The number of para-hydroxylation sites is 1. The smallest absolute Gasteiger partial charge is 0.338 e. The minimum atomic E-state index is -0.474. The van der Waals surface area contributed by atoms with Gasteiger partial charge < -0.3 is 14.8 Å². The molecule has 26 heavy (non-hydrogen) atoms. The minimum absolute atomic E-state index is 0.408. The second-order valence-electron chi connectivity index (χ2n) is 5.81. The van der Waals surface area contributed by atoms with Crippen molar-refractivity contribution in [2.75, 3.05) is 25.3 Å². The first-order chi connectivity index (χ1) is 12.6. The molecule has 1 aliphatic rings. The van der Waals surface area contributed by atoms with E-state index in [2.05, 4.69) is 22.3 Å². The van der Waals surface area contributed by atoms with Crippen molar-refractivity contribution in [3.63, 3.8) is 0 Å². The van der Waals surface area contributed by atoms with Crippen LogP contribution in [0.3, 0.4) is 0 Å². The summed E-state index contributed by atoms with van der Waals surface area (Å²) in [5.41, 5.74) is 2.01. The van der Waals surface area contributed by atoms with Crippen LogP contribution in [0.4, 0.5) is 5.95 Å². The first-order valence-corrected chi connectivity index (χ1v) is 9.37. The van der Waals surface area contributed by atoms with Crippen molar-refractivity contribution in [1.29, 1.82) is 0 Å². The van der Waals surface area contributed by atoms with Crippen LogP contribution in [0, 0.1) is 0 Å². The molecule has 2 aromatic rings. The Kier molecular flexibility index (Phi) is 5.51. The Hall–Kier alpha value is -2.48. The van der Waals surface area contributed by atoms with Crippen molar-refractivity contribution in [3.05, 3.63) is 41.1 Å². The summed E-state index contributed by atoms with van der Waals surface area (Å²) in [6.07, 6.45) is 1.03. The van der Waals surface area contributed by atoms with Gasteiger partial charge in [0.1, 0.15) is 11.8 Å². The van der Waals surface area contributed by atoms with E-state index in [0.29, 0.717) is 28.1 Å². The molecule has 0 radical (unpaired) electrons. The van der Waals surface area contributed by atoms with Gasteiger partial charge >= 0.3 is 5.97 Å². The van der Waals surface area contributed by atoms with Gasteiger partial charge in [-0.1, -0.05) is 36.9 Å². The van der Waals surface area contributed by atoms with Crippen molar-refractivity contribution < 1.29 is 14.3 Å². The van der Waals surface area contributed by atoms with Gasteiger partial charge in [-0.25, -0.2) is 9.48 Å². The van der Waals surface area contributed by atoms with Gasteiger partial charge in [0.15, 0.2) is 0 Å². The van der Waals surface area contributed by atoms with Crippen LogP contribution in [0.5, 0.6) is 5.75 Å². The number of hydrogen-bond acceptors (Lipinski definition) is 7. The fourth-order valence-electron chi connectivity index (χ4n) is 2.94. The zero-order chi connectivity index (χ0) is 18.7. The van der Waals surface area contributed by atoms with E-state index in [4.69, 9.17) is 9.47 Å². The lowest BCUT2D eigenvalue weighted by atomic mass is 9.95. The third-order valence-electron chi connectivity index (χ3n) is 4.11. The number of nitrogens with zero attached hydrogens (tertiary/aromatic N) is 3. The van der Waals surface area contributed by atoms with Crippen LogP contribution in [0.2, 0.25) is 0 Å².